The Morgan fingerprint density at radius 1 is 1.02 bits per heavy atom. The van der Waals surface area contributed by atoms with Gasteiger partial charge in [0.25, 0.3) is 5.79 Å². The van der Waals surface area contributed by atoms with Crippen LogP contribution >= 0.6 is 11.6 Å². The summed E-state index contributed by atoms with van der Waals surface area (Å²) < 4.78 is 50.7. The van der Waals surface area contributed by atoms with E-state index in [1.54, 1.807) is 37.5 Å². The summed E-state index contributed by atoms with van der Waals surface area (Å²) in [5, 5.41) is 9.92. The predicted molar refractivity (Wildman–Crippen MR) is 173 cm³/mol. The number of carbonyl (C=O) groups is 1. The van der Waals surface area contributed by atoms with Crippen LogP contribution in [0.4, 0.5) is 14.5 Å². The smallest absolute Gasteiger partial charge is 0.335 e. The van der Waals surface area contributed by atoms with Gasteiger partial charge >= 0.3 is 5.97 Å². The largest absolute Gasteiger partial charge is 0.478 e. The number of nitrogens with zero attached hydrogens (tertiary/aromatic N) is 5. The van der Waals surface area contributed by atoms with Crippen molar-refractivity contribution in [2.45, 2.75) is 37.9 Å². The molecule has 0 amide bonds. The second-order valence-electron chi connectivity index (χ2n) is 12.3. The van der Waals surface area contributed by atoms with Crippen molar-refractivity contribution in [1.29, 1.82) is 0 Å². The van der Waals surface area contributed by atoms with Gasteiger partial charge in [-0.05, 0) is 54.1 Å². The highest BCUT2D eigenvalue weighted by molar-refractivity contribution is 6.30. The van der Waals surface area contributed by atoms with Gasteiger partial charge in [0.15, 0.2) is 17.3 Å². The van der Waals surface area contributed by atoms with Gasteiger partial charge in [-0.25, -0.2) is 18.6 Å². The van der Waals surface area contributed by atoms with Gasteiger partial charge in [0, 0.05) is 37.4 Å². The Morgan fingerprint density at radius 3 is 2.67 bits per heavy atom. The summed E-state index contributed by atoms with van der Waals surface area (Å²) in [6.45, 7) is 4.58. The number of hydrogen-bond donors (Lipinski definition) is 1. The molecule has 0 aliphatic carbocycles. The maximum atomic E-state index is 15.2. The molecule has 5 aromatic rings. The number of fused-ring (bicyclic) bond motifs is 3. The number of para-hydroxylation sites is 1. The highest BCUT2D eigenvalue weighted by Crippen LogP contribution is 2.51. The SMILES string of the molecule is C[C@]1(c2ccc(Cl)cc2F)Oc2cccc(N3CCN(Cc4nc5c(F)cc(C(=O)O)cc5n4Cc4cccnc4)[C@H]4COC[C@H]43)c2O1. The topological polar surface area (TPSA) is 102 Å². The van der Waals surface area contributed by atoms with Crippen LogP contribution in [0.3, 0.4) is 0 Å². The number of piperazine rings is 1. The van der Waals surface area contributed by atoms with E-state index in [1.807, 2.05) is 28.8 Å². The number of pyridine rings is 1. The molecule has 1 N–H and O–H groups in total. The van der Waals surface area contributed by atoms with Crippen LogP contribution in [0.2, 0.25) is 5.02 Å². The Morgan fingerprint density at radius 2 is 1.88 bits per heavy atom. The Labute approximate surface area is 279 Å². The molecule has 2 fully saturated rings. The number of carboxylic acids is 1. The Balaban J connectivity index is 1.10. The standard InChI is InChI=1S/C35H30ClF2N5O5/c1-35(23-8-7-22(36)14-24(23)37)47-30-6-2-5-26(33(30)48-35)42-11-10-41(28-18-46-19-29(28)42)17-31-40-32-25(38)12-21(34(44)45)13-27(32)43(31)16-20-4-3-9-39-15-20/h2-9,12-15,28-29H,10-11,16-19H2,1H3,(H,44,45)/t28-,29+,35-/m0/s1. The quantitative estimate of drug-likeness (QED) is 0.228. The Hall–Kier alpha value is -4.78. The van der Waals surface area contributed by atoms with Crippen molar-refractivity contribution in [2.24, 2.45) is 0 Å². The van der Waals surface area contributed by atoms with Crippen LogP contribution < -0.4 is 14.4 Å². The number of benzene rings is 3. The van der Waals surface area contributed by atoms with E-state index in [1.165, 1.54) is 12.1 Å². The fourth-order valence-electron chi connectivity index (χ4n) is 7.05. The molecular formula is C35H30ClF2N5O5. The van der Waals surface area contributed by atoms with Gasteiger partial charge in [-0.3, -0.25) is 9.88 Å². The molecule has 0 radical (unpaired) electrons. The van der Waals surface area contributed by atoms with Gasteiger partial charge in [0.2, 0.25) is 0 Å². The first-order chi connectivity index (χ1) is 23.2. The number of ether oxygens (including phenoxy) is 3. The van der Waals surface area contributed by atoms with Crippen molar-refractivity contribution in [2.75, 3.05) is 31.2 Å². The van der Waals surface area contributed by atoms with Crippen LogP contribution in [0.1, 0.15) is 34.2 Å². The summed E-state index contributed by atoms with van der Waals surface area (Å²) in [5.74, 6) is -2.17. The molecule has 3 aromatic carbocycles. The number of imidazole rings is 1. The number of halogens is 3. The van der Waals surface area contributed by atoms with E-state index in [0.717, 1.165) is 17.3 Å². The van der Waals surface area contributed by atoms with Gasteiger partial charge in [0.1, 0.15) is 17.2 Å². The van der Waals surface area contributed by atoms with E-state index < -0.39 is 23.4 Å². The molecule has 246 valence electrons. The van der Waals surface area contributed by atoms with Crippen LogP contribution in [0, 0.1) is 11.6 Å². The third-order valence-electron chi connectivity index (χ3n) is 9.35. The molecular weight excluding hydrogens is 644 g/mol. The van der Waals surface area contributed by atoms with Gasteiger partial charge in [0.05, 0.1) is 60.7 Å². The van der Waals surface area contributed by atoms with Gasteiger partial charge in [-0.1, -0.05) is 23.7 Å². The monoisotopic (exact) mass is 673 g/mol. The lowest BCUT2D eigenvalue weighted by molar-refractivity contribution is -0.0705. The number of hydrogen-bond acceptors (Lipinski definition) is 8. The molecule has 2 saturated heterocycles. The van der Waals surface area contributed by atoms with Crippen LogP contribution in [0.15, 0.2) is 73.1 Å². The predicted octanol–water partition coefficient (Wildman–Crippen LogP) is 5.84. The van der Waals surface area contributed by atoms with E-state index >= 15 is 4.39 Å². The van der Waals surface area contributed by atoms with Gasteiger partial charge in [-0.15, -0.1) is 0 Å². The van der Waals surface area contributed by atoms with Crippen LogP contribution in [-0.4, -0.2) is 68.9 Å². The molecule has 3 aliphatic heterocycles. The molecule has 0 bridgehead atoms. The Kier molecular flexibility index (Phi) is 7.46. The van der Waals surface area contributed by atoms with Crippen molar-refractivity contribution < 1.29 is 32.9 Å². The molecule has 48 heavy (non-hydrogen) atoms. The molecule has 2 aromatic heterocycles. The fraction of sp³-hybridized carbons (Fsp3) is 0.286. The summed E-state index contributed by atoms with van der Waals surface area (Å²) >= 11 is 6.00. The molecule has 3 atom stereocenters. The number of aromatic nitrogens is 3. The van der Waals surface area contributed by atoms with E-state index in [-0.39, 0.29) is 33.7 Å². The van der Waals surface area contributed by atoms with E-state index in [4.69, 9.17) is 30.8 Å². The first-order valence-corrected chi connectivity index (χ1v) is 15.9. The first-order valence-electron chi connectivity index (χ1n) is 15.5. The van der Waals surface area contributed by atoms with Crippen molar-refractivity contribution in [3.63, 3.8) is 0 Å². The van der Waals surface area contributed by atoms with Gasteiger partial charge in [-0.2, -0.15) is 0 Å². The molecule has 0 saturated carbocycles. The molecule has 0 spiro atoms. The summed E-state index contributed by atoms with van der Waals surface area (Å²) in [4.78, 5) is 25.2. The van der Waals surface area contributed by atoms with Crippen LogP contribution in [0.5, 0.6) is 11.5 Å². The zero-order valence-corrected chi connectivity index (χ0v) is 26.5. The second-order valence-corrected chi connectivity index (χ2v) is 12.8. The zero-order valence-electron chi connectivity index (χ0n) is 25.8. The minimum Gasteiger partial charge on any atom is -0.478 e. The normalized spacial score (nSPS) is 22.0. The average Bonchev–Trinajstić information content (AvgIpc) is 3.78. The van der Waals surface area contributed by atoms with Crippen molar-refractivity contribution in [1.82, 2.24) is 19.4 Å². The molecule has 5 heterocycles. The number of rotatable bonds is 7. The van der Waals surface area contributed by atoms with Crippen molar-refractivity contribution in [3.05, 3.63) is 112 Å². The maximum Gasteiger partial charge on any atom is 0.335 e. The summed E-state index contributed by atoms with van der Waals surface area (Å²) in [6, 6.07) is 16.2. The molecule has 13 heteroatoms. The lowest BCUT2D eigenvalue weighted by atomic mass is 10.0. The number of carboxylic acid groups (broad SMARTS) is 1. The number of anilines is 1. The molecule has 3 aliphatic rings. The highest BCUT2D eigenvalue weighted by Gasteiger charge is 2.46. The van der Waals surface area contributed by atoms with Crippen LogP contribution in [-0.2, 0) is 23.6 Å². The third kappa shape index (κ3) is 5.20. The lowest BCUT2D eigenvalue weighted by Crippen LogP contribution is -2.59. The fourth-order valence-corrected chi connectivity index (χ4v) is 7.21. The highest BCUT2D eigenvalue weighted by atomic mass is 35.5. The minimum absolute atomic E-state index is 0.0388. The molecule has 8 rings (SSSR count). The van der Waals surface area contributed by atoms with E-state index in [9.17, 15) is 14.3 Å². The Bertz CT molecular complexity index is 2060. The zero-order chi connectivity index (χ0) is 33.2. The average molecular weight is 674 g/mol. The molecule has 0 unspecified atom stereocenters. The van der Waals surface area contributed by atoms with Gasteiger partial charge < -0.3 is 28.8 Å². The lowest BCUT2D eigenvalue weighted by Gasteiger charge is -2.44. The summed E-state index contributed by atoms with van der Waals surface area (Å²) in [7, 11) is 0. The molecule has 10 nitrogen and oxygen atoms in total. The van der Waals surface area contributed by atoms with Crippen molar-refractivity contribution >= 4 is 34.3 Å². The van der Waals surface area contributed by atoms with Crippen molar-refractivity contribution in [3.8, 4) is 11.5 Å². The summed E-state index contributed by atoms with van der Waals surface area (Å²) in [5.41, 5.74) is 2.31. The number of aromatic carboxylic acids is 1. The van der Waals surface area contributed by atoms with E-state index in [0.29, 0.717) is 62.2 Å². The van der Waals surface area contributed by atoms with E-state index in [2.05, 4.69) is 14.8 Å². The third-order valence-corrected chi connectivity index (χ3v) is 9.58. The second kappa shape index (κ2) is 11.7. The minimum atomic E-state index is -1.39. The first kappa shape index (κ1) is 30.5. The maximum absolute atomic E-state index is 15.2. The summed E-state index contributed by atoms with van der Waals surface area (Å²) in [6.07, 6.45) is 3.40. The van der Waals surface area contributed by atoms with Crippen LogP contribution in [0.25, 0.3) is 11.0 Å².